The van der Waals surface area contributed by atoms with Crippen molar-refractivity contribution in [3.63, 3.8) is 0 Å². The highest BCUT2D eigenvalue weighted by atomic mass is 35.5. The van der Waals surface area contributed by atoms with Crippen molar-refractivity contribution < 1.29 is 8.42 Å². The number of halogens is 1. The number of sulfonamides is 1. The van der Waals surface area contributed by atoms with E-state index in [4.69, 9.17) is 11.6 Å². The second-order valence-electron chi connectivity index (χ2n) is 3.70. The number of imidazole rings is 1. The molecule has 5 nitrogen and oxygen atoms in total. The Morgan fingerprint density at radius 2 is 2.31 bits per heavy atom. The number of aromatic nitrogens is 2. The molecule has 0 amide bonds. The van der Waals surface area contributed by atoms with Gasteiger partial charge >= 0.3 is 0 Å². The molecule has 0 spiro atoms. The first kappa shape index (κ1) is 13.5. The molecule has 7 heteroatoms. The third kappa shape index (κ3) is 4.11. The molecule has 1 aromatic rings. The number of nitrogens with zero attached hydrogens (tertiary/aromatic N) is 2. The summed E-state index contributed by atoms with van der Waals surface area (Å²) >= 11 is 5.76. The molecule has 0 saturated heterocycles. The van der Waals surface area contributed by atoms with E-state index in [-0.39, 0.29) is 10.4 Å². The predicted octanol–water partition coefficient (Wildman–Crippen LogP) is 1.11. The Morgan fingerprint density at radius 1 is 1.62 bits per heavy atom. The molecule has 92 valence electrons. The fraction of sp³-hybridized carbons (Fsp3) is 0.667. The van der Waals surface area contributed by atoms with Crippen molar-refractivity contribution in [3.05, 3.63) is 12.5 Å². The molecule has 1 unspecified atom stereocenters. The number of nitrogens with one attached hydrogen (secondary N) is 1. The Hall–Kier alpha value is -0.590. The van der Waals surface area contributed by atoms with E-state index in [1.54, 1.807) is 11.6 Å². The van der Waals surface area contributed by atoms with Crippen LogP contribution in [0.15, 0.2) is 17.6 Å². The molecule has 0 bridgehead atoms. The van der Waals surface area contributed by atoms with Crippen molar-refractivity contribution in [1.82, 2.24) is 14.3 Å². The van der Waals surface area contributed by atoms with Gasteiger partial charge in [0.2, 0.25) is 0 Å². The lowest BCUT2D eigenvalue weighted by atomic mass is 10.2. The first-order chi connectivity index (χ1) is 7.42. The summed E-state index contributed by atoms with van der Waals surface area (Å²) in [5, 5.41) is 0.119. The van der Waals surface area contributed by atoms with Crippen molar-refractivity contribution in [2.24, 2.45) is 7.05 Å². The lowest BCUT2D eigenvalue weighted by molar-refractivity contribution is 0.573. The summed E-state index contributed by atoms with van der Waals surface area (Å²) in [7, 11) is -1.74. The van der Waals surface area contributed by atoms with Crippen molar-refractivity contribution in [2.45, 2.75) is 30.2 Å². The average molecular weight is 266 g/mol. The quantitative estimate of drug-likeness (QED) is 0.619. The van der Waals surface area contributed by atoms with E-state index in [1.807, 2.05) is 6.92 Å². The lowest BCUT2D eigenvalue weighted by Crippen LogP contribution is -2.25. The van der Waals surface area contributed by atoms with E-state index in [1.165, 1.54) is 12.5 Å². The van der Waals surface area contributed by atoms with Gasteiger partial charge in [0.25, 0.3) is 10.0 Å². The molecule has 1 aromatic heterocycles. The van der Waals surface area contributed by atoms with Gasteiger partial charge in [-0.15, -0.1) is 11.6 Å². The van der Waals surface area contributed by atoms with Gasteiger partial charge < -0.3 is 4.57 Å². The molecule has 1 rings (SSSR count). The largest absolute Gasteiger partial charge is 0.339 e. The highest BCUT2D eigenvalue weighted by Gasteiger charge is 2.15. The van der Waals surface area contributed by atoms with Gasteiger partial charge in [-0.3, -0.25) is 0 Å². The number of hydrogen-bond acceptors (Lipinski definition) is 3. The van der Waals surface area contributed by atoms with Gasteiger partial charge in [0.15, 0.2) is 5.03 Å². The van der Waals surface area contributed by atoms with Crippen LogP contribution in [-0.4, -0.2) is 29.9 Å². The molecule has 0 aliphatic heterocycles. The van der Waals surface area contributed by atoms with E-state index in [9.17, 15) is 8.42 Å². The molecular formula is C9H16ClN3O2S. The van der Waals surface area contributed by atoms with Gasteiger partial charge in [-0.25, -0.2) is 18.1 Å². The van der Waals surface area contributed by atoms with E-state index in [2.05, 4.69) is 9.71 Å². The Morgan fingerprint density at radius 3 is 2.81 bits per heavy atom. The molecule has 0 aliphatic rings. The number of aryl methyl sites for hydroxylation is 1. The van der Waals surface area contributed by atoms with Crippen LogP contribution in [0, 0.1) is 0 Å². The Balaban J connectivity index is 2.47. The first-order valence-corrected chi connectivity index (χ1v) is 6.95. The standard InChI is InChI=1S/C9H16ClN3O2S/c1-8(10)4-3-5-12-16(14,15)9-6-13(2)7-11-9/h6-8,12H,3-5H2,1-2H3. The van der Waals surface area contributed by atoms with Crippen molar-refractivity contribution in [3.8, 4) is 0 Å². The zero-order valence-electron chi connectivity index (χ0n) is 9.35. The van der Waals surface area contributed by atoms with Gasteiger partial charge in [-0.1, -0.05) is 0 Å². The van der Waals surface area contributed by atoms with Crippen LogP contribution >= 0.6 is 11.6 Å². The lowest BCUT2D eigenvalue weighted by Gasteiger charge is -2.04. The van der Waals surface area contributed by atoms with Crippen molar-refractivity contribution in [1.29, 1.82) is 0 Å². The van der Waals surface area contributed by atoms with Crippen molar-refractivity contribution in [2.75, 3.05) is 6.54 Å². The van der Waals surface area contributed by atoms with Crippen LogP contribution in [0.1, 0.15) is 19.8 Å². The van der Waals surface area contributed by atoms with Crippen LogP contribution in [0.3, 0.4) is 0 Å². The Bertz CT molecular complexity index is 428. The van der Waals surface area contributed by atoms with Gasteiger partial charge in [-0.05, 0) is 19.8 Å². The summed E-state index contributed by atoms with van der Waals surface area (Å²) in [6.45, 7) is 2.27. The van der Waals surface area contributed by atoms with Crippen LogP contribution in [0.25, 0.3) is 0 Å². The van der Waals surface area contributed by atoms with E-state index in [0.717, 1.165) is 12.8 Å². The molecule has 0 aromatic carbocycles. The van der Waals surface area contributed by atoms with E-state index >= 15 is 0 Å². The van der Waals surface area contributed by atoms with E-state index < -0.39 is 10.0 Å². The van der Waals surface area contributed by atoms with Crippen LogP contribution in [0.5, 0.6) is 0 Å². The monoisotopic (exact) mass is 265 g/mol. The minimum Gasteiger partial charge on any atom is -0.339 e. The van der Waals surface area contributed by atoms with Gasteiger partial charge in [-0.2, -0.15) is 0 Å². The highest BCUT2D eigenvalue weighted by Crippen LogP contribution is 2.06. The average Bonchev–Trinajstić information content (AvgIpc) is 2.60. The molecular weight excluding hydrogens is 250 g/mol. The van der Waals surface area contributed by atoms with Crippen LogP contribution in [-0.2, 0) is 17.1 Å². The maximum absolute atomic E-state index is 11.7. The minimum absolute atomic E-state index is 0.0499. The smallest absolute Gasteiger partial charge is 0.259 e. The first-order valence-electron chi connectivity index (χ1n) is 5.03. The fourth-order valence-corrected chi connectivity index (χ4v) is 2.40. The summed E-state index contributed by atoms with van der Waals surface area (Å²) in [4.78, 5) is 3.79. The number of alkyl halides is 1. The summed E-state index contributed by atoms with van der Waals surface area (Å²) in [5.41, 5.74) is 0. The molecule has 0 saturated carbocycles. The SMILES string of the molecule is CC(Cl)CCCNS(=O)(=O)c1cn(C)cn1. The third-order valence-corrected chi connectivity index (χ3v) is 3.59. The summed E-state index contributed by atoms with van der Waals surface area (Å²) in [6, 6.07) is 0. The van der Waals surface area contributed by atoms with Crippen LogP contribution in [0.2, 0.25) is 0 Å². The van der Waals surface area contributed by atoms with Crippen LogP contribution < -0.4 is 4.72 Å². The third-order valence-electron chi connectivity index (χ3n) is 2.03. The van der Waals surface area contributed by atoms with Crippen LogP contribution in [0.4, 0.5) is 0 Å². The molecule has 1 heterocycles. The number of rotatable bonds is 6. The maximum atomic E-state index is 11.7. The second kappa shape index (κ2) is 5.65. The molecule has 0 aliphatic carbocycles. The Kier molecular flexibility index (Phi) is 4.76. The number of hydrogen-bond donors (Lipinski definition) is 1. The molecule has 1 atom stereocenters. The summed E-state index contributed by atoms with van der Waals surface area (Å²) < 4.78 is 27.4. The zero-order chi connectivity index (χ0) is 12.2. The van der Waals surface area contributed by atoms with Gasteiger partial charge in [0.05, 0.1) is 6.33 Å². The fourth-order valence-electron chi connectivity index (χ4n) is 1.19. The predicted molar refractivity (Wildman–Crippen MR) is 62.9 cm³/mol. The van der Waals surface area contributed by atoms with Crippen molar-refractivity contribution >= 4 is 21.6 Å². The van der Waals surface area contributed by atoms with E-state index in [0.29, 0.717) is 6.54 Å². The topological polar surface area (TPSA) is 64.0 Å². The normalized spacial score (nSPS) is 13.9. The molecule has 16 heavy (non-hydrogen) atoms. The highest BCUT2D eigenvalue weighted by molar-refractivity contribution is 7.89. The van der Waals surface area contributed by atoms with Gasteiger partial charge in [0.1, 0.15) is 0 Å². The Labute approximate surface area is 101 Å². The van der Waals surface area contributed by atoms with Gasteiger partial charge in [0, 0.05) is 25.2 Å². The zero-order valence-corrected chi connectivity index (χ0v) is 10.9. The molecule has 1 N–H and O–H groups in total. The maximum Gasteiger partial charge on any atom is 0.259 e. The minimum atomic E-state index is -3.46. The summed E-state index contributed by atoms with van der Waals surface area (Å²) in [6.07, 6.45) is 4.42. The molecule has 0 fully saturated rings. The summed E-state index contributed by atoms with van der Waals surface area (Å²) in [5.74, 6) is 0. The second-order valence-corrected chi connectivity index (χ2v) is 6.16. The molecule has 0 radical (unpaired) electrons.